The molecule has 1 aliphatic carbocycles. The first kappa shape index (κ1) is 11.4. The average Bonchev–Trinajstić information content (AvgIpc) is 3.15. The van der Waals surface area contributed by atoms with Crippen molar-refractivity contribution in [2.24, 2.45) is 11.7 Å². The van der Waals surface area contributed by atoms with E-state index in [1.807, 2.05) is 18.2 Å². The van der Waals surface area contributed by atoms with Crippen LogP contribution in [0.2, 0.25) is 0 Å². The van der Waals surface area contributed by atoms with Gasteiger partial charge in [-0.15, -0.1) is 0 Å². The average molecular weight is 243 g/mol. The maximum atomic E-state index is 6.07. The van der Waals surface area contributed by atoms with E-state index >= 15 is 0 Å². The summed E-state index contributed by atoms with van der Waals surface area (Å²) in [7, 11) is 0. The molecule has 0 aliphatic heterocycles. The molecule has 3 rings (SSSR count). The molecule has 1 fully saturated rings. The Morgan fingerprint density at radius 1 is 1.28 bits per heavy atom. The Kier molecular flexibility index (Phi) is 2.88. The third-order valence-electron chi connectivity index (χ3n) is 3.56. The molecule has 2 unspecified atom stereocenters. The van der Waals surface area contributed by atoms with Gasteiger partial charge in [0, 0.05) is 0 Å². The number of nitrogens with zero attached hydrogens (tertiary/aromatic N) is 2. The number of rotatable bonds is 4. The van der Waals surface area contributed by atoms with Crippen LogP contribution in [0.5, 0.6) is 0 Å². The van der Waals surface area contributed by atoms with Crippen molar-refractivity contribution >= 4 is 0 Å². The van der Waals surface area contributed by atoms with Crippen molar-refractivity contribution in [1.29, 1.82) is 0 Å². The lowest BCUT2D eigenvalue weighted by Crippen LogP contribution is -2.14. The smallest absolute Gasteiger partial charge is 0.233 e. The van der Waals surface area contributed by atoms with Gasteiger partial charge in [0.25, 0.3) is 0 Å². The molecule has 1 aromatic carbocycles. The molecule has 0 radical (unpaired) electrons. The Labute approximate surface area is 106 Å². The molecule has 18 heavy (non-hydrogen) atoms. The highest BCUT2D eigenvalue weighted by molar-refractivity contribution is 5.23. The van der Waals surface area contributed by atoms with Gasteiger partial charge in [-0.2, -0.15) is 4.98 Å². The zero-order chi connectivity index (χ0) is 12.5. The van der Waals surface area contributed by atoms with Gasteiger partial charge in [-0.25, -0.2) is 0 Å². The molecule has 1 saturated carbocycles. The minimum atomic E-state index is -0.0644. The first-order valence-electron chi connectivity index (χ1n) is 6.39. The van der Waals surface area contributed by atoms with Crippen LogP contribution in [0.4, 0.5) is 0 Å². The third-order valence-corrected chi connectivity index (χ3v) is 3.56. The maximum absolute atomic E-state index is 6.07. The molecule has 1 heterocycles. The predicted molar refractivity (Wildman–Crippen MR) is 67.9 cm³/mol. The minimum Gasteiger partial charge on any atom is -0.339 e. The third kappa shape index (κ3) is 2.16. The summed E-state index contributed by atoms with van der Waals surface area (Å²) >= 11 is 0. The van der Waals surface area contributed by atoms with Crippen LogP contribution in [0.15, 0.2) is 34.9 Å². The van der Waals surface area contributed by atoms with Crippen molar-refractivity contribution in [2.75, 3.05) is 0 Å². The maximum Gasteiger partial charge on any atom is 0.233 e. The quantitative estimate of drug-likeness (QED) is 0.896. The second-order valence-corrected chi connectivity index (χ2v) is 4.99. The van der Waals surface area contributed by atoms with E-state index in [0.29, 0.717) is 17.6 Å². The van der Waals surface area contributed by atoms with E-state index in [-0.39, 0.29) is 12.0 Å². The molecule has 94 valence electrons. The predicted octanol–water partition coefficient (Wildman–Crippen LogP) is 2.63. The van der Waals surface area contributed by atoms with Crippen molar-refractivity contribution < 1.29 is 4.52 Å². The van der Waals surface area contributed by atoms with Crippen molar-refractivity contribution in [2.45, 2.75) is 31.7 Å². The molecular formula is C14H17N3O. The molecule has 0 amide bonds. The van der Waals surface area contributed by atoms with Crippen LogP contribution in [-0.2, 0) is 0 Å². The lowest BCUT2D eigenvalue weighted by molar-refractivity contribution is 0.360. The first-order valence-corrected chi connectivity index (χ1v) is 6.39. The van der Waals surface area contributed by atoms with Crippen LogP contribution in [0.3, 0.4) is 0 Å². The molecule has 2 N–H and O–H groups in total. The zero-order valence-electron chi connectivity index (χ0n) is 10.4. The highest BCUT2D eigenvalue weighted by atomic mass is 16.5. The number of hydrogen-bond donors (Lipinski definition) is 1. The second kappa shape index (κ2) is 4.53. The number of benzene rings is 1. The fourth-order valence-corrected chi connectivity index (χ4v) is 2.11. The van der Waals surface area contributed by atoms with Gasteiger partial charge in [0.2, 0.25) is 5.89 Å². The topological polar surface area (TPSA) is 64.9 Å². The number of hydrogen-bond acceptors (Lipinski definition) is 4. The van der Waals surface area contributed by atoms with Crippen LogP contribution in [0.25, 0.3) is 0 Å². The van der Waals surface area contributed by atoms with Crippen molar-refractivity contribution in [3.8, 4) is 0 Å². The number of aromatic nitrogens is 2. The van der Waals surface area contributed by atoms with Crippen molar-refractivity contribution in [3.63, 3.8) is 0 Å². The van der Waals surface area contributed by atoms with E-state index in [9.17, 15) is 0 Å². The van der Waals surface area contributed by atoms with Crippen molar-refractivity contribution in [1.82, 2.24) is 10.1 Å². The minimum absolute atomic E-state index is 0.0644. The van der Waals surface area contributed by atoms with E-state index in [4.69, 9.17) is 10.3 Å². The summed E-state index contributed by atoms with van der Waals surface area (Å²) in [6.45, 7) is 2.06. The van der Waals surface area contributed by atoms with Gasteiger partial charge in [-0.3, -0.25) is 0 Å². The van der Waals surface area contributed by atoms with Gasteiger partial charge in [0.05, 0.1) is 12.0 Å². The molecule has 1 aliphatic rings. The summed E-state index contributed by atoms with van der Waals surface area (Å²) in [6.07, 6.45) is 2.36. The normalized spacial score (nSPS) is 18.6. The molecule has 0 saturated heterocycles. The Morgan fingerprint density at radius 3 is 2.67 bits per heavy atom. The molecule has 1 aromatic heterocycles. The van der Waals surface area contributed by atoms with Gasteiger partial charge in [-0.1, -0.05) is 35.5 Å². The molecule has 2 aromatic rings. The SMILES string of the molecule is CC(c1ccccc1)c1nc(C(N)C2CC2)no1. The summed E-state index contributed by atoms with van der Waals surface area (Å²) < 4.78 is 5.34. The molecular weight excluding hydrogens is 226 g/mol. The lowest BCUT2D eigenvalue weighted by Gasteiger charge is -2.06. The molecule has 2 atom stereocenters. The van der Waals surface area contributed by atoms with Crippen LogP contribution >= 0.6 is 0 Å². The summed E-state index contributed by atoms with van der Waals surface area (Å²) in [4.78, 5) is 4.44. The van der Waals surface area contributed by atoms with Crippen LogP contribution in [0.1, 0.15) is 49.0 Å². The van der Waals surface area contributed by atoms with E-state index in [2.05, 4.69) is 29.2 Å². The molecule has 4 nitrogen and oxygen atoms in total. The summed E-state index contributed by atoms with van der Waals surface area (Å²) in [5.74, 6) is 1.95. The van der Waals surface area contributed by atoms with Gasteiger partial charge < -0.3 is 10.3 Å². The standard InChI is InChI=1S/C14H17N3O/c1-9(10-5-3-2-4-6-10)14-16-13(17-18-14)12(15)11-7-8-11/h2-6,9,11-12H,7-8,15H2,1H3. The molecule has 0 bridgehead atoms. The lowest BCUT2D eigenvalue weighted by atomic mass is 10.0. The van der Waals surface area contributed by atoms with Crippen molar-refractivity contribution in [3.05, 3.63) is 47.6 Å². The summed E-state index contributed by atoms with van der Waals surface area (Å²) in [5.41, 5.74) is 7.24. The fourth-order valence-electron chi connectivity index (χ4n) is 2.11. The van der Waals surface area contributed by atoms with Gasteiger partial charge in [-0.05, 0) is 31.2 Å². The van der Waals surface area contributed by atoms with Crippen LogP contribution in [0, 0.1) is 5.92 Å². The first-order chi connectivity index (χ1) is 8.75. The van der Waals surface area contributed by atoms with E-state index in [1.165, 1.54) is 18.4 Å². The van der Waals surface area contributed by atoms with Gasteiger partial charge >= 0.3 is 0 Å². The molecule has 0 spiro atoms. The largest absolute Gasteiger partial charge is 0.339 e. The Morgan fingerprint density at radius 2 is 2.00 bits per heavy atom. The van der Waals surface area contributed by atoms with E-state index < -0.39 is 0 Å². The monoisotopic (exact) mass is 243 g/mol. The Balaban J connectivity index is 1.80. The van der Waals surface area contributed by atoms with E-state index in [1.54, 1.807) is 0 Å². The second-order valence-electron chi connectivity index (χ2n) is 4.99. The molecule has 4 heteroatoms. The zero-order valence-corrected chi connectivity index (χ0v) is 10.4. The van der Waals surface area contributed by atoms with E-state index in [0.717, 1.165) is 0 Å². The Hall–Kier alpha value is -1.68. The van der Waals surface area contributed by atoms with Gasteiger partial charge in [0.15, 0.2) is 5.82 Å². The highest BCUT2D eigenvalue weighted by Gasteiger charge is 2.33. The fraction of sp³-hybridized carbons (Fsp3) is 0.429. The van der Waals surface area contributed by atoms with Crippen LogP contribution in [-0.4, -0.2) is 10.1 Å². The van der Waals surface area contributed by atoms with Gasteiger partial charge in [0.1, 0.15) is 0 Å². The highest BCUT2D eigenvalue weighted by Crippen LogP contribution is 2.38. The Bertz CT molecular complexity index is 519. The number of nitrogens with two attached hydrogens (primary N) is 1. The summed E-state index contributed by atoms with van der Waals surface area (Å²) in [5, 5.41) is 4.01. The summed E-state index contributed by atoms with van der Waals surface area (Å²) in [6, 6.07) is 10.1. The van der Waals surface area contributed by atoms with Crippen LogP contribution < -0.4 is 5.73 Å².